The average Bonchev–Trinajstić information content (AvgIpc) is 3.20. The molecule has 0 spiro atoms. The number of hydrogen-bond acceptors (Lipinski definition) is 5. The second kappa shape index (κ2) is 9.54. The number of aromatic nitrogens is 1. The molecule has 5 nitrogen and oxygen atoms in total. The molecule has 1 amide bonds. The third-order valence-corrected chi connectivity index (χ3v) is 4.40. The molecule has 0 atom stereocenters. The van der Waals surface area contributed by atoms with Gasteiger partial charge in [0.15, 0.2) is 0 Å². The summed E-state index contributed by atoms with van der Waals surface area (Å²) in [5, 5.41) is 4.83. The third-order valence-electron chi connectivity index (χ3n) is 3.57. The van der Waals surface area contributed by atoms with E-state index < -0.39 is 0 Å². The summed E-state index contributed by atoms with van der Waals surface area (Å²) in [6, 6.07) is 14.9. The molecular weight excluding hydrogens is 360 g/mol. The SMILES string of the molecule is CCOc1ccc(Oc2cc(CNC(=O)/C=C/c3cccs3)ccn2)cc1. The molecule has 0 saturated carbocycles. The van der Waals surface area contributed by atoms with E-state index in [0.29, 0.717) is 24.8 Å². The lowest BCUT2D eigenvalue weighted by Gasteiger charge is -2.08. The smallest absolute Gasteiger partial charge is 0.244 e. The first kappa shape index (κ1) is 18.7. The van der Waals surface area contributed by atoms with Gasteiger partial charge < -0.3 is 14.8 Å². The van der Waals surface area contributed by atoms with E-state index in [0.717, 1.165) is 16.2 Å². The highest BCUT2D eigenvalue weighted by molar-refractivity contribution is 7.10. The van der Waals surface area contributed by atoms with Crippen LogP contribution in [-0.2, 0) is 11.3 Å². The molecule has 0 aliphatic carbocycles. The fraction of sp³-hybridized carbons (Fsp3) is 0.143. The summed E-state index contributed by atoms with van der Waals surface area (Å²) in [5.41, 5.74) is 0.906. The van der Waals surface area contributed by atoms with Gasteiger partial charge >= 0.3 is 0 Å². The molecule has 0 unspecified atom stereocenters. The summed E-state index contributed by atoms with van der Waals surface area (Å²) < 4.78 is 11.2. The van der Waals surface area contributed by atoms with Gasteiger partial charge in [-0.15, -0.1) is 11.3 Å². The molecule has 3 rings (SSSR count). The molecule has 0 bridgehead atoms. The number of pyridine rings is 1. The predicted octanol–water partition coefficient (Wildman–Crippen LogP) is 4.66. The Balaban J connectivity index is 1.54. The Morgan fingerprint density at radius 3 is 2.74 bits per heavy atom. The van der Waals surface area contributed by atoms with E-state index in [2.05, 4.69) is 10.3 Å². The average molecular weight is 380 g/mol. The van der Waals surface area contributed by atoms with Crippen LogP contribution in [0.25, 0.3) is 6.08 Å². The van der Waals surface area contributed by atoms with Gasteiger partial charge in [-0.05, 0) is 60.3 Å². The zero-order chi connectivity index (χ0) is 18.9. The summed E-state index contributed by atoms with van der Waals surface area (Å²) in [6.45, 7) is 2.96. The van der Waals surface area contributed by atoms with Crippen molar-refractivity contribution in [3.63, 3.8) is 0 Å². The maximum Gasteiger partial charge on any atom is 0.244 e. The van der Waals surface area contributed by atoms with Crippen LogP contribution in [0.1, 0.15) is 17.4 Å². The van der Waals surface area contributed by atoms with E-state index in [-0.39, 0.29) is 5.91 Å². The minimum absolute atomic E-state index is 0.144. The monoisotopic (exact) mass is 380 g/mol. The molecule has 1 N–H and O–H groups in total. The van der Waals surface area contributed by atoms with Crippen molar-refractivity contribution in [3.8, 4) is 17.4 Å². The normalized spacial score (nSPS) is 10.7. The van der Waals surface area contributed by atoms with Gasteiger partial charge in [0.25, 0.3) is 0 Å². The Morgan fingerprint density at radius 2 is 2.00 bits per heavy atom. The second-order valence-electron chi connectivity index (χ2n) is 5.58. The molecule has 6 heteroatoms. The van der Waals surface area contributed by atoms with E-state index in [1.165, 1.54) is 6.08 Å². The van der Waals surface area contributed by atoms with E-state index in [1.54, 1.807) is 29.7 Å². The van der Waals surface area contributed by atoms with E-state index >= 15 is 0 Å². The molecule has 2 aromatic heterocycles. The molecule has 0 aliphatic rings. The van der Waals surface area contributed by atoms with Crippen molar-refractivity contribution in [1.29, 1.82) is 0 Å². The molecule has 0 fully saturated rings. The number of carbonyl (C=O) groups is 1. The first-order valence-corrected chi connectivity index (χ1v) is 9.46. The molecular formula is C21H20N2O3S. The van der Waals surface area contributed by atoms with Crippen molar-refractivity contribution < 1.29 is 14.3 Å². The van der Waals surface area contributed by atoms with Crippen molar-refractivity contribution in [1.82, 2.24) is 10.3 Å². The number of ether oxygens (including phenoxy) is 2. The van der Waals surface area contributed by atoms with Crippen molar-refractivity contribution >= 4 is 23.3 Å². The zero-order valence-corrected chi connectivity index (χ0v) is 15.7. The molecule has 3 aromatic rings. The first-order chi connectivity index (χ1) is 13.2. The molecule has 0 radical (unpaired) electrons. The summed E-state index contributed by atoms with van der Waals surface area (Å²) in [4.78, 5) is 17.2. The van der Waals surface area contributed by atoms with Crippen molar-refractivity contribution in [2.45, 2.75) is 13.5 Å². The molecule has 27 heavy (non-hydrogen) atoms. The molecule has 1 aromatic carbocycles. The molecule has 138 valence electrons. The highest BCUT2D eigenvalue weighted by Gasteiger charge is 2.03. The van der Waals surface area contributed by atoms with Crippen LogP contribution in [0.3, 0.4) is 0 Å². The summed E-state index contributed by atoms with van der Waals surface area (Å²) in [7, 11) is 0. The van der Waals surface area contributed by atoms with Gasteiger partial charge in [0.1, 0.15) is 11.5 Å². The van der Waals surface area contributed by atoms with Crippen LogP contribution in [0.4, 0.5) is 0 Å². The van der Waals surface area contributed by atoms with E-state index in [4.69, 9.17) is 9.47 Å². The number of rotatable bonds is 8. The van der Waals surface area contributed by atoms with Gasteiger partial charge in [-0.3, -0.25) is 4.79 Å². The van der Waals surface area contributed by atoms with Crippen LogP contribution < -0.4 is 14.8 Å². The fourth-order valence-electron chi connectivity index (χ4n) is 2.30. The van der Waals surface area contributed by atoms with Crippen molar-refractivity contribution in [3.05, 3.63) is 76.6 Å². The Kier molecular flexibility index (Phi) is 6.60. The third kappa shape index (κ3) is 5.97. The fourth-order valence-corrected chi connectivity index (χ4v) is 2.92. The standard InChI is InChI=1S/C21H20N2O3S/c1-2-25-17-5-7-18(8-6-17)26-21-14-16(11-12-22-21)15-23-20(24)10-9-19-4-3-13-27-19/h3-14H,2,15H2,1H3,(H,23,24)/b10-9+. The van der Waals surface area contributed by atoms with Gasteiger partial charge in [0.2, 0.25) is 11.8 Å². The minimum atomic E-state index is -0.144. The number of nitrogens with one attached hydrogen (secondary N) is 1. The van der Waals surface area contributed by atoms with Gasteiger partial charge in [0, 0.05) is 29.8 Å². The Hall–Kier alpha value is -3.12. The van der Waals surface area contributed by atoms with Crippen LogP contribution >= 0.6 is 11.3 Å². The number of carbonyl (C=O) groups excluding carboxylic acids is 1. The van der Waals surface area contributed by atoms with Crippen LogP contribution in [0, 0.1) is 0 Å². The van der Waals surface area contributed by atoms with Crippen LogP contribution in [0.2, 0.25) is 0 Å². The number of amides is 1. The van der Waals surface area contributed by atoms with Crippen LogP contribution in [0.15, 0.2) is 66.2 Å². The van der Waals surface area contributed by atoms with Gasteiger partial charge in [-0.25, -0.2) is 4.98 Å². The van der Waals surface area contributed by atoms with Crippen LogP contribution in [0.5, 0.6) is 17.4 Å². The largest absolute Gasteiger partial charge is 0.494 e. The summed E-state index contributed by atoms with van der Waals surface area (Å²) >= 11 is 1.59. The lowest BCUT2D eigenvalue weighted by Crippen LogP contribution is -2.20. The Labute approximate surface area is 162 Å². The van der Waals surface area contributed by atoms with Crippen molar-refractivity contribution in [2.24, 2.45) is 0 Å². The quantitative estimate of drug-likeness (QED) is 0.577. The number of thiophene rings is 1. The first-order valence-electron chi connectivity index (χ1n) is 8.58. The highest BCUT2D eigenvalue weighted by Crippen LogP contribution is 2.23. The number of nitrogens with zero attached hydrogens (tertiary/aromatic N) is 1. The second-order valence-corrected chi connectivity index (χ2v) is 6.55. The molecule has 2 heterocycles. The van der Waals surface area contributed by atoms with E-state index in [1.807, 2.05) is 54.8 Å². The Morgan fingerprint density at radius 1 is 1.19 bits per heavy atom. The highest BCUT2D eigenvalue weighted by atomic mass is 32.1. The number of benzene rings is 1. The van der Waals surface area contributed by atoms with Crippen molar-refractivity contribution in [2.75, 3.05) is 6.61 Å². The summed E-state index contributed by atoms with van der Waals surface area (Å²) in [5.74, 6) is 1.80. The van der Waals surface area contributed by atoms with E-state index in [9.17, 15) is 4.79 Å². The maximum atomic E-state index is 11.9. The van der Waals surface area contributed by atoms with Gasteiger partial charge in [0.05, 0.1) is 6.61 Å². The van der Waals surface area contributed by atoms with Gasteiger partial charge in [-0.2, -0.15) is 0 Å². The summed E-state index contributed by atoms with van der Waals surface area (Å²) in [6.07, 6.45) is 4.99. The predicted molar refractivity (Wildman–Crippen MR) is 107 cm³/mol. The number of hydrogen-bond donors (Lipinski definition) is 1. The Bertz CT molecular complexity index is 890. The molecule has 0 saturated heterocycles. The van der Waals surface area contributed by atoms with Gasteiger partial charge in [-0.1, -0.05) is 6.07 Å². The van der Waals surface area contributed by atoms with Crippen LogP contribution in [-0.4, -0.2) is 17.5 Å². The minimum Gasteiger partial charge on any atom is -0.494 e. The molecule has 0 aliphatic heterocycles. The lowest BCUT2D eigenvalue weighted by molar-refractivity contribution is -0.116. The maximum absolute atomic E-state index is 11.9. The lowest BCUT2D eigenvalue weighted by atomic mass is 10.2. The zero-order valence-electron chi connectivity index (χ0n) is 14.9. The topological polar surface area (TPSA) is 60.5 Å².